The van der Waals surface area contributed by atoms with Crippen molar-refractivity contribution in [2.45, 2.75) is 19.3 Å². The van der Waals surface area contributed by atoms with Crippen LogP contribution in [0.25, 0.3) is 11.1 Å². The van der Waals surface area contributed by atoms with Gasteiger partial charge in [-0.2, -0.15) is 0 Å². The maximum Gasteiger partial charge on any atom is 0.221 e. The summed E-state index contributed by atoms with van der Waals surface area (Å²) >= 11 is 0. The molecule has 3 rings (SSSR count). The molecule has 2 aromatic rings. The van der Waals surface area contributed by atoms with Gasteiger partial charge in [-0.15, -0.1) is 0 Å². The molecule has 1 aliphatic rings. The minimum absolute atomic E-state index is 0.619. The molecule has 0 aliphatic heterocycles. The molecular weight excluding hydrogens is 248 g/mol. The molecule has 0 amide bonds. The first-order valence-corrected chi connectivity index (χ1v) is 7.13. The van der Waals surface area contributed by atoms with Crippen LogP contribution in [0, 0.1) is 5.92 Å². The van der Waals surface area contributed by atoms with Gasteiger partial charge in [0.05, 0.1) is 7.11 Å². The van der Waals surface area contributed by atoms with E-state index in [1.165, 1.54) is 23.1 Å². The van der Waals surface area contributed by atoms with E-state index in [0.717, 1.165) is 24.9 Å². The molecule has 1 unspecified atom stereocenters. The zero-order valence-corrected chi connectivity index (χ0v) is 11.8. The molecule has 1 heterocycles. The first-order valence-electron chi connectivity index (χ1n) is 7.13. The molecule has 1 atom stereocenters. The van der Waals surface area contributed by atoms with Crippen LogP contribution in [0.3, 0.4) is 0 Å². The maximum absolute atomic E-state index is 5.83. The van der Waals surface area contributed by atoms with Gasteiger partial charge >= 0.3 is 0 Å². The summed E-state index contributed by atoms with van der Waals surface area (Å²) in [6.07, 6.45) is 5.11. The molecule has 0 bridgehead atoms. The topological polar surface area (TPSA) is 48.1 Å². The van der Waals surface area contributed by atoms with Crippen LogP contribution in [-0.2, 0) is 12.8 Å². The Morgan fingerprint density at radius 3 is 2.90 bits per heavy atom. The van der Waals surface area contributed by atoms with E-state index in [0.29, 0.717) is 11.8 Å². The van der Waals surface area contributed by atoms with Gasteiger partial charge in [0.1, 0.15) is 0 Å². The molecule has 3 nitrogen and oxygen atoms in total. The standard InChI is InChI=1S/C17H20N2O/c1-20-17-16(6-3-9-19-17)15-5-2-4-13-10-12(11-18)7-8-14(13)15/h2-6,9,12H,7-8,10-11,18H2,1H3. The van der Waals surface area contributed by atoms with E-state index in [-0.39, 0.29) is 0 Å². The molecule has 0 radical (unpaired) electrons. The largest absolute Gasteiger partial charge is 0.481 e. The van der Waals surface area contributed by atoms with Crippen molar-refractivity contribution in [3.8, 4) is 17.0 Å². The van der Waals surface area contributed by atoms with Gasteiger partial charge in [0.25, 0.3) is 0 Å². The Morgan fingerprint density at radius 1 is 1.25 bits per heavy atom. The number of aromatic nitrogens is 1. The van der Waals surface area contributed by atoms with Crippen molar-refractivity contribution in [3.63, 3.8) is 0 Å². The van der Waals surface area contributed by atoms with Crippen LogP contribution in [0.15, 0.2) is 36.5 Å². The Bertz CT molecular complexity index is 610. The first-order chi connectivity index (χ1) is 9.83. The van der Waals surface area contributed by atoms with Crippen LogP contribution in [0.5, 0.6) is 5.88 Å². The van der Waals surface area contributed by atoms with Crippen LogP contribution >= 0.6 is 0 Å². The lowest BCUT2D eigenvalue weighted by Gasteiger charge is -2.25. The first kappa shape index (κ1) is 13.1. The number of pyridine rings is 1. The number of nitrogens with two attached hydrogens (primary N) is 1. The van der Waals surface area contributed by atoms with E-state index >= 15 is 0 Å². The highest BCUT2D eigenvalue weighted by molar-refractivity contribution is 5.73. The van der Waals surface area contributed by atoms with Gasteiger partial charge in [-0.1, -0.05) is 18.2 Å². The highest BCUT2D eigenvalue weighted by Gasteiger charge is 2.21. The van der Waals surface area contributed by atoms with Crippen LogP contribution in [-0.4, -0.2) is 18.6 Å². The van der Waals surface area contributed by atoms with Gasteiger partial charge in [0, 0.05) is 11.8 Å². The lowest BCUT2D eigenvalue weighted by Crippen LogP contribution is -2.22. The normalized spacial score (nSPS) is 17.6. The van der Waals surface area contributed by atoms with Crippen LogP contribution < -0.4 is 10.5 Å². The fourth-order valence-electron chi connectivity index (χ4n) is 3.09. The average Bonchev–Trinajstić information content (AvgIpc) is 2.53. The third kappa shape index (κ3) is 2.29. The molecule has 0 fully saturated rings. The Balaban J connectivity index is 2.07. The van der Waals surface area contributed by atoms with E-state index in [2.05, 4.69) is 29.2 Å². The van der Waals surface area contributed by atoms with E-state index in [1.807, 2.05) is 6.07 Å². The summed E-state index contributed by atoms with van der Waals surface area (Å²) in [4.78, 5) is 4.31. The molecule has 1 aromatic carbocycles. The van der Waals surface area contributed by atoms with E-state index < -0.39 is 0 Å². The highest BCUT2D eigenvalue weighted by atomic mass is 16.5. The number of hydrogen-bond donors (Lipinski definition) is 1. The van der Waals surface area contributed by atoms with Crippen molar-refractivity contribution in [2.75, 3.05) is 13.7 Å². The molecule has 0 saturated carbocycles. The van der Waals surface area contributed by atoms with Crippen molar-refractivity contribution in [3.05, 3.63) is 47.7 Å². The fraction of sp³-hybridized carbons (Fsp3) is 0.353. The predicted octanol–water partition coefficient (Wildman–Crippen LogP) is 2.82. The van der Waals surface area contributed by atoms with Gasteiger partial charge < -0.3 is 10.5 Å². The van der Waals surface area contributed by atoms with E-state index in [4.69, 9.17) is 10.5 Å². The maximum atomic E-state index is 5.83. The average molecular weight is 268 g/mol. The van der Waals surface area contributed by atoms with Crippen LogP contribution in [0.4, 0.5) is 0 Å². The number of ether oxygens (including phenoxy) is 1. The van der Waals surface area contributed by atoms with Crippen molar-refractivity contribution < 1.29 is 4.74 Å². The number of nitrogens with zero attached hydrogens (tertiary/aromatic N) is 1. The van der Waals surface area contributed by atoms with Crippen LogP contribution in [0.2, 0.25) is 0 Å². The zero-order valence-electron chi connectivity index (χ0n) is 11.8. The second kappa shape index (κ2) is 5.63. The Labute approximate surface area is 119 Å². The Morgan fingerprint density at radius 2 is 2.10 bits per heavy atom. The van der Waals surface area contributed by atoms with E-state index in [1.54, 1.807) is 13.3 Å². The summed E-state index contributed by atoms with van der Waals surface area (Å²) in [5, 5.41) is 0. The molecule has 3 heteroatoms. The monoisotopic (exact) mass is 268 g/mol. The van der Waals surface area contributed by atoms with Gasteiger partial charge in [-0.05, 0) is 60.5 Å². The summed E-state index contributed by atoms with van der Waals surface area (Å²) in [7, 11) is 1.67. The Kier molecular flexibility index (Phi) is 3.70. The SMILES string of the molecule is COc1ncccc1-c1cccc2c1CCC(CN)C2. The lowest BCUT2D eigenvalue weighted by molar-refractivity contribution is 0.399. The molecule has 104 valence electrons. The summed E-state index contributed by atoms with van der Waals surface area (Å²) in [6.45, 7) is 0.778. The second-order valence-corrected chi connectivity index (χ2v) is 5.35. The number of benzene rings is 1. The second-order valence-electron chi connectivity index (χ2n) is 5.35. The number of rotatable bonds is 3. The van der Waals surface area contributed by atoms with Crippen molar-refractivity contribution in [2.24, 2.45) is 11.7 Å². The minimum Gasteiger partial charge on any atom is -0.481 e. The number of hydrogen-bond acceptors (Lipinski definition) is 3. The molecule has 1 aliphatic carbocycles. The molecule has 20 heavy (non-hydrogen) atoms. The fourth-order valence-corrected chi connectivity index (χ4v) is 3.09. The van der Waals surface area contributed by atoms with Gasteiger partial charge in [-0.3, -0.25) is 0 Å². The Hall–Kier alpha value is -1.87. The van der Waals surface area contributed by atoms with Crippen molar-refractivity contribution in [1.29, 1.82) is 0 Å². The zero-order chi connectivity index (χ0) is 13.9. The molecule has 1 aromatic heterocycles. The lowest BCUT2D eigenvalue weighted by atomic mass is 9.80. The predicted molar refractivity (Wildman–Crippen MR) is 80.8 cm³/mol. The van der Waals surface area contributed by atoms with Crippen molar-refractivity contribution in [1.82, 2.24) is 4.98 Å². The van der Waals surface area contributed by atoms with E-state index in [9.17, 15) is 0 Å². The summed E-state index contributed by atoms with van der Waals surface area (Å²) < 4.78 is 5.40. The van der Waals surface area contributed by atoms with Crippen molar-refractivity contribution >= 4 is 0 Å². The summed E-state index contributed by atoms with van der Waals surface area (Å²) in [6, 6.07) is 10.6. The van der Waals surface area contributed by atoms with Crippen LogP contribution in [0.1, 0.15) is 17.5 Å². The molecular formula is C17H20N2O. The van der Waals surface area contributed by atoms with Gasteiger partial charge in [-0.25, -0.2) is 4.98 Å². The minimum atomic E-state index is 0.619. The molecule has 0 spiro atoms. The third-order valence-electron chi connectivity index (χ3n) is 4.17. The summed E-state index contributed by atoms with van der Waals surface area (Å²) in [5.74, 6) is 1.32. The highest BCUT2D eigenvalue weighted by Crippen LogP contribution is 2.36. The number of methoxy groups -OCH3 is 1. The summed E-state index contributed by atoms with van der Waals surface area (Å²) in [5.41, 5.74) is 11.0. The number of fused-ring (bicyclic) bond motifs is 1. The molecule has 0 saturated heterocycles. The quantitative estimate of drug-likeness (QED) is 0.931. The van der Waals surface area contributed by atoms with Gasteiger partial charge in [0.2, 0.25) is 5.88 Å². The smallest absolute Gasteiger partial charge is 0.221 e. The van der Waals surface area contributed by atoms with Gasteiger partial charge in [0.15, 0.2) is 0 Å². The third-order valence-corrected chi connectivity index (χ3v) is 4.17. The molecule has 2 N–H and O–H groups in total.